The van der Waals surface area contributed by atoms with Gasteiger partial charge in [-0.25, -0.2) is 4.98 Å². The van der Waals surface area contributed by atoms with Gasteiger partial charge < -0.3 is 14.6 Å². The van der Waals surface area contributed by atoms with Gasteiger partial charge in [0.2, 0.25) is 5.91 Å². The second kappa shape index (κ2) is 8.28. The van der Waals surface area contributed by atoms with E-state index in [2.05, 4.69) is 15.0 Å². The number of nitrogens with zero attached hydrogens (tertiary/aromatic N) is 2. The van der Waals surface area contributed by atoms with E-state index >= 15 is 0 Å². The fraction of sp³-hybridized carbons (Fsp3) is 0.263. The third kappa shape index (κ3) is 4.79. The number of benzene rings is 2. The van der Waals surface area contributed by atoms with Crippen LogP contribution < -0.4 is 10.1 Å². The summed E-state index contributed by atoms with van der Waals surface area (Å²) in [7, 11) is 0. The summed E-state index contributed by atoms with van der Waals surface area (Å²) in [6, 6.07) is 9.86. The number of aromatic nitrogens is 2. The van der Waals surface area contributed by atoms with Crippen LogP contribution in [0.5, 0.6) is 5.75 Å². The summed E-state index contributed by atoms with van der Waals surface area (Å²) >= 11 is 6.16. The van der Waals surface area contributed by atoms with Gasteiger partial charge >= 0.3 is 12.5 Å². The smallest absolute Gasteiger partial charge is 0.428 e. The number of carbonyl (C=O) groups is 1. The Morgan fingerprint density at radius 3 is 2.59 bits per heavy atom. The molecule has 0 saturated carbocycles. The predicted molar refractivity (Wildman–Crippen MR) is 99.3 cm³/mol. The maximum absolute atomic E-state index is 12.9. The van der Waals surface area contributed by atoms with E-state index in [0.29, 0.717) is 21.6 Å². The second-order valence-corrected chi connectivity index (χ2v) is 6.71. The Bertz CT molecular complexity index is 1010. The molecule has 3 rings (SSSR count). The van der Waals surface area contributed by atoms with Crippen LogP contribution in [0.3, 0.4) is 0 Å². The number of halogens is 5. The highest BCUT2D eigenvalue weighted by Gasteiger charge is 2.43. The fourth-order valence-corrected chi connectivity index (χ4v) is 3.03. The average Bonchev–Trinajstić information content (AvgIpc) is 3.06. The van der Waals surface area contributed by atoms with Crippen molar-refractivity contribution in [2.24, 2.45) is 0 Å². The second-order valence-electron chi connectivity index (χ2n) is 6.30. The Morgan fingerprint density at radius 2 is 1.93 bits per heavy atom. The van der Waals surface area contributed by atoms with Crippen LogP contribution in [-0.2, 0) is 11.3 Å². The van der Waals surface area contributed by atoms with Crippen LogP contribution in [0, 0.1) is 0 Å². The van der Waals surface area contributed by atoms with E-state index in [1.807, 2.05) is 0 Å². The van der Waals surface area contributed by atoms with Crippen molar-refractivity contribution in [3.63, 3.8) is 0 Å². The van der Waals surface area contributed by atoms with Gasteiger partial charge in [0.05, 0.1) is 28.4 Å². The molecule has 0 fully saturated rings. The van der Waals surface area contributed by atoms with Crippen LogP contribution in [0.15, 0.2) is 48.8 Å². The number of ether oxygens (including phenoxy) is 1. The minimum Gasteiger partial charge on any atom is -0.428 e. The summed E-state index contributed by atoms with van der Waals surface area (Å²) in [5.41, 5.74) is 1.88. The average molecular weight is 430 g/mol. The van der Waals surface area contributed by atoms with E-state index in [0.717, 1.165) is 12.1 Å². The van der Waals surface area contributed by atoms with Crippen molar-refractivity contribution in [1.82, 2.24) is 14.9 Å². The van der Waals surface area contributed by atoms with Crippen LogP contribution in [0.4, 0.5) is 17.6 Å². The molecule has 1 amide bonds. The molecule has 0 bridgehead atoms. The molecule has 10 heteroatoms. The highest BCUT2D eigenvalue weighted by molar-refractivity contribution is 6.35. The van der Waals surface area contributed by atoms with E-state index in [1.165, 1.54) is 18.5 Å². The van der Waals surface area contributed by atoms with Crippen LogP contribution >= 0.6 is 11.6 Å². The number of fused-ring (bicyclic) bond motifs is 1. The Kier molecular flexibility index (Phi) is 5.97. The molecule has 29 heavy (non-hydrogen) atoms. The molecule has 1 aromatic heterocycles. The number of hydrogen-bond acceptors (Lipinski definition) is 3. The van der Waals surface area contributed by atoms with E-state index in [9.17, 15) is 22.4 Å². The van der Waals surface area contributed by atoms with E-state index < -0.39 is 24.3 Å². The molecular formula is C19H16ClF4N3O2. The molecule has 0 aliphatic rings. The number of imidazole rings is 1. The molecule has 3 aromatic rings. The van der Waals surface area contributed by atoms with Gasteiger partial charge in [-0.2, -0.15) is 17.6 Å². The molecule has 1 unspecified atom stereocenters. The van der Waals surface area contributed by atoms with E-state index in [-0.39, 0.29) is 12.5 Å². The Morgan fingerprint density at radius 1 is 1.24 bits per heavy atom. The molecule has 1 heterocycles. The van der Waals surface area contributed by atoms with Crippen molar-refractivity contribution in [1.29, 1.82) is 0 Å². The van der Waals surface area contributed by atoms with Crippen molar-refractivity contribution < 1.29 is 27.1 Å². The lowest BCUT2D eigenvalue weighted by Crippen LogP contribution is -2.33. The predicted octanol–water partition coefficient (Wildman–Crippen LogP) is 4.80. The van der Waals surface area contributed by atoms with E-state index in [1.54, 1.807) is 29.7 Å². The molecule has 2 aromatic carbocycles. The standard InChI is InChI=1S/C19H16ClF4N3O2/c1-11(12-5-7-13(8-6-12)29-19(23,24)18(21)22)26-16(28)9-27-10-25-15-4-2-3-14(20)17(15)27/h2-8,10-11,18H,9H2,1H3,(H,26,28). The topological polar surface area (TPSA) is 56.2 Å². The number of amides is 1. The first kappa shape index (κ1) is 20.9. The third-order valence-electron chi connectivity index (χ3n) is 4.17. The summed E-state index contributed by atoms with van der Waals surface area (Å²) < 4.78 is 55.9. The quantitative estimate of drug-likeness (QED) is 0.549. The van der Waals surface area contributed by atoms with Crippen LogP contribution in [0.25, 0.3) is 11.0 Å². The summed E-state index contributed by atoms with van der Waals surface area (Å²) in [5, 5.41) is 3.23. The fourth-order valence-electron chi connectivity index (χ4n) is 2.75. The lowest BCUT2D eigenvalue weighted by atomic mass is 10.1. The number of nitrogens with one attached hydrogen (secondary N) is 1. The maximum atomic E-state index is 12.9. The van der Waals surface area contributed by atoms with Gasteiger partial charge in [0.25, 0.3) is 0 Å². The highest BCUT2D eigenvalue weighted by atomic mass is 35.5. The zero-order chi connectivity index (χ0) is 21.2. The van der Waals surface area contributed by atoms with Gasteiger partial charge in [-0.3, -0.25) is 4.79 Å². The summed E-state index contributed by atoms with van der Waals surface area (Å²) in [5.74, 6) is -0.724. The molecule has 154 valence electrons. The van der Waals surface area contributed by atoms with Crippen molar-refractivity contribution in [2.75, 3.05) is 0 Å². The normalized spacial score (nSPS) is 12.9. The molecule has 1 N–H and O–H groups in total. The first-order valence-electron chi connectivity index (χ1n) is 8.51. The SMILES string of the molecule is CC(NC(=O)Cn1cnc2cccc(Cl)c21)c1ccc(OC(F)(F)C(F)F)cc1. The van der Waals surface area contributed by atoms with Crippen LogP contribution in [0.2, 0.25) is 5.02 Å². The molecule has 0 radical (unpaired) electrons. The minimum atomic E-state index is -4.57. The molecule has 0 aliphatic carbocycles. The highest BCUT2D eigenvalue weighted by Crippen LogP contribution is 2.28. The third-order valence-corrected chi connectivity index (χ3v) is 4.47. The summed E-state index contributed by atoms with van der Waals surface area (Å²) in [6.45, 7) is 1.67. The molecule has 0 saturated heterocycles. The van der Waals surface area contributed by atoms with Crippen molar-refractivity contribution in [3.8, 4) is 5.75 Å². The van der Waals surface area contributed by atoms with Crippen LogP contribution in [0.1, 0.15) is 18.5 Å². The van der Waals surface area contributed by atoms with Gasteiger partial charge in [0.15, 0.2) is 0 Å². The number of para-hydroxylation sites is 1. The number of carbonyl (C=O) groups excluding carboxylic acids is 1. The Hall–Kier alpha value is -2.81. The Balaban J connectivity index is 1.63. The number of rotatable bonds is 7. The van der Waals surface area contributed by atoms with Gasteiger partial charge in [0.1, 0.15) is 12.3 Å². The van der Waals surface area contributed by atoms with Crippen molar-refractivity contribution in [2.45, 2.75) is 32.0 Å². The summed E-state index contributed by atoms with van der Waals surface area (Å²) in [4.78, 5) is 16.6. The minimum absolute atomic E-state index is 0.0214. The number of alkyl halides is 4. The monoisotopic (exact) mass is 429 g/mol. The molecule has 0 aliphatic heterocycles. The Labute approximate surface area is 168 Å². The molecule has 1 atom stereocenters. The molecule has 0 spiro atoms. The largest absolute Gasteiger partial charge is 0.461 e. The zero-order valence-electron chi connectivity index (χ0n) is 15.1. The first-order valence-corrected chi connectivity index (χ1v) is 8.89. The van der Waals surface area contributed by atoms with E-state index in [4.69, 9.17) is 11.6 Å². The van der Waals surface area contributed by atoms with Gasteiger partial charge in [-0.1, -0.05) is 29.8 Å². The van der Waals surface area contributed by atoms with Crippen LogP contribution in [-0.4, -0.2) is 28.0 Å². The molecule has 5 nitrogen and oxygen atoms in total. The maximum Gasteiger partial charge on any atom is 0.461 e. The zero-order valence-corrected chi connectivity index (χ0v) is 15.8. The van der Waals surface area contributed by atoms with Gasteiger partial charge in [0, 0.05) is 0 Å². The lowest BCUT2D eigenvalue weighted by molar-refractivity contribution is -0.253. The van der Waals surface area contributed by atoms with Crippen molar-refractivity contribution >= 4 is 28.5 Å². The van der Waals surface area contributed by atoms with Gasteiger partial charge in [-0.05, 0) is 36.8 Å². The van der Waals surface area contributed by atoms with Crippen molar-refractivity contribution in [3.05, 3.63) is 59.4 Å². The molecular weight excluding hydrogens is 414 g/mol. The first-order chi connectivity index (χ1) is 13.7. The van der Waals surface area contributed by atoms with Gasteiger partial charge in [-0.15, -0.1) is 0 Å². The summed E-state index contributed by atoms with van der Waals surface area (Å²) in [6.07, 6.45) is -7.00. The number of hydrogen-bond donors (Lipinski definition) is 1. The lowest BCUT2D eigenvalue weighted by Gasteiger charge is -2.18.